The zero-order valence-electron chi connectivity index (χ0n) is 9.21. The molecule has 2 atom stereocenters. The van der Waals surface area contributed by atoms with Crippen molar-refractivity contribution in [2.75, 3.05) is 0 Å². The van der Waals surface area contributed by atoms with Crippen molar-refractivity contribution in [1.29, 1.82) is 0 Å². The minimum Gasteiger partial charge on any atom is -0.233 e. The number of halogens is 1. The van der Waals surface area contributed by atoms with E-state index in [9.17, 15) is 10.1 Å². The average Bonchev–Trinajstić information content (AvgIpc) is 2.33. The van der Waals surface area contributed by atoms with E-state index in [4.69, 9.17) is 11.6 Å². The van der Waals surface area contributed by atoms with Gasteiger partial charge in [0.1, 0.15) is 0 Å². The monoisotopic (exact) mass is 230 g/mol. The third-order valence-corrected chi connectivity index (χ3v) is 5.60. The number of hydrogen-bond acceptors (Lipinski definition) is 2. The highest BCUT2D eigenvalue weighted by Gasteiger charge is 2.68. The van der Waals surface area contributed by atoms with Gasteiger partial charge >= 0.3 is 0 Å². The molecule has 0 aliphatic heterocycles. The first kappa shape index (κ1) is 10.9. The molecule has 0 spiro atoms. The summed E-state index contributed by atoms with van der Waals surface area (Å²) in [5.41, 5.74) is 0.344. The fraction of sp³-hybridized carbons (Fsp3) is 0.900. The van der Waals surface area contributed by atoms with Crippen LogP contribution < -0.4 is 0 Å². The van der Waals surface area contributed by atoms with Gasteiger partial charge in [-0.15, -0.1) is 11.6 Å². The van der Waals surface area contributed by atoms with E-state index in [1.165, 1.54) is 0 Å². The summed E-state index contributed by atoms with van der Waals surface area (Å²) in [6.07, 6.45) is 2.38. The molecule has 0 saturated heterocycles. The fourth-order valence-corrected chi connectivity index (χ4v) is 3.52. The number of nitro groups is 1. The van der Waals surface area contributed by atoms with Crippen molar-refractivity contribution in [1.82, 2.24) is 0 Å². The second kappa shape index (κ2) is 2.73. The number of hydrogen-bond donors (Lipinski definition) is 0. The Labute approximate surface area is 93.8 Å². The summed E-state index contributed by atoms with van der Waals surface area (Å²) in [6.45, 7) is 6.23. The van der Waals surface area contributed by atoms with E-state index < -0.39 is 5.03 Å². The summed E-state index contributed by atoms with van der Waals surface area (Å²) in [5.74, 6) is 0. The predicted molar refractivity (Wildman–Crippen MR) is 58.8 cm³/mol. The molecule has 2 fully saturated rings. The van der Waals surface area contributed by atoms with Gasteiger partial charge in [0.2, 0.25) is 0 Å². The highest BCUT2D eigenvalue weighted by atomic mass is 35.5. The Morgan fingerprint density at radius 3 is 2.33 bits per heavy atom. The fourth-order valence-electron chi connectivity index (χ4n) is 3.09. The van der Waals surface area contributed by atoms with E-state index >= 15 is 0 Å². The summed E-state index contributed by atoms with van der Waals surface area (Å²) in [5, 5.41) is 13.4. The lowest BCUT2D eigenvalue weighted by Gasteiger charge is -2.36. The van der Waals surface area contributed by atoms with Gasteiger partial charge in [-0.1, -0.05) is 20.8 Å². The van der Waals surface area contributed by atoms with Crippen LogP contribution in [0, 0.1) is 20.9 Å². The van der Waals surface area contributed by atoms with Crippen molar-refractivity contribution in [3.63, 3.8) is 0 Å². The van der Waals surface area contributed by atoms with Crippen LogP contribution in [-0.4, -0.2) is 15.6 Å². The summed E-state index contributed by atoms with van der Waals surface area (Å²) in [6, 6.07) is 0. The first-order valence-electron chi connectivity index (χ1n) is 5.14. The highest BCUT2D eigenvalue weighted by molar-refractivity contribution is 6.28. The molecule has 4 nitrogen and oxygen atoms in total. The van der Waals surface area contributed by atoms with Gasteiger partial charge in [0.25, 0.3) is 0 Å². The van der Waals surface area contributed by atoms with Crippen LogP contribution in [0.1, 0.15) is 40.0 Å². The van der Waals surface area contributed by atoms with Crippen LogP contribution in [0.3, 0.4) is 0 Å². The van der Waals surface area contributed by atoms with E-state index in [-0.39, 0.29) is 15.7 Å². The normalized spacial score (nSPS) is 44.9. The lowest BCUT2D eigenvalue weighted by atomic mass is 9.70. The maximum Gasteiger partial charge on any atom is 0.190 e. The van der Waals surface area contributed by atoms with E-state index in [2.05, 4.69) is 18.9 Å². The largest absolute Gasteiger partial charge is 0.233 e. The van der Waals surface area contributed by atoms with Crippen LogP contribution in [0.4, 0.5) is 0 Å². The Balaban J connectivity index is 2.50. The number of alkyl halides is 1. The number of fused-ring (bicyclic) bond motifs is 2. The molecule has 2 bridgehead atoms. The average molecular weight is 231 g/mol. The van der Waals surface area contributed by atoms with Gasteiger partial charge < -0.3 is 0 Å². The third kappa shape index (κ3) is 1.11. The Morgan fingerprint density at radius 1 is 1.40 bits per heavy atom. The Morgan fingerprint density at radius 2 is 2.00 bits per heavy atom. The van der Waals surface area contributed by atoms with Crippen molar-refractivity contribution in [2.24, 2.45) is 15.9 Å². The molecule has 0 aromatic heterocycles. The predicted octanol–water partition coefficient (Wildman–Crippen LogP) is 2.83. The maximum atomic E-state index is 10.5. The molecule has 0 radical (unpaired) electrons. The van der Waals surface area contributed by atoms with Crippen molar-refractivity contribution >= 4 is 17.3 Å². The van der Waals surface area contributed by atoms with Gasteiger partial charge in [0.05, 0.1) is 15.7 Å². The molecule has 2 aliphatic carbocycles. The van der Waals surface area contributed by atoms with E-state index in [0.717, 1.165) is 12.8 Å². The Hall–Kier alpha value is -0.640. The molecule has 0 amide bonds. The second-order valence-electron chi connectivity index (χ2n) is 5.38. The molecule has 5 heteroatoms. The van der Waals surface area contributed by atoms with Crippen molar-refractivity contribution in [3.8, 4) is 0 Å². The van der Waals surface area contributed by atoms with Crippen LogP contribution >= 0.6 is 11.6 Å². The molecule has 2 aliphatic rings. The first-order chi connectivity index (χ1) is 6.73. The summed E-state index contributed by atoms with van der Waals surface area (Å²) < 4.78 is 0. The molecular formula is C10H15ClN2O2. The van der Waals surface area contributed by atoms with Crippen molar-refractivity contribution in [3.05, 3.63) is 10.1 Å². The molecule has 2 unspecified atom stereocenters. The maximum absolute atomic E-state index is 10.5. The van der Waals surface area contributed by atoms with Gasteiger partial charge in [-0.25, -0.2) is 10.1 Å². The van der Waals surface area contributed by atoms with Crippen LogP contribution in [0.2, 0.25) is 0 Å². The van der Waals surface area contributed by atoms with Crippen molar-refractivity contribution < 1.29 is 5.03 Å². The number of hydrazone groups is 1. The molecule has 0 aromatic carbocycles. The molecule has 0 aromatic rings. The minimum absolute atomic E-state index is 0.115. The second-order valence-corrected chi connectivity index (χ2v) is 6.11. The SMILES string of the molecule is CC12CCC(Cl)(C/C1=N\[N+](=O)[O-])C2(C)C. The van der Waals surface area contributed by atoms with Gasteiger partial charge in [0.15, 0.2) is 5.03 Å². The van der Waals surface area contributed by atoms with Crippen LogP contribution in [0.5, 0.6) is 0 Å². The van der Waals surface area contributed by atoms with E-state index in [1.54, 1.807) is 0 Å². The highest BCUT2D eigenvalue weighted by Crippen LogP contribution is 2.68. The lowest BCUT2D eigenvalue weighted by Crippen LogP contribution is -2.36. The smallest absolute Gasteiger partial charge is 0.190 e. The van der Waals surface area contributed by atoms with Crippen LogP contribution in [0.15, 0.2) is 5.10 Å². The Bertz CT molecular complexity index is 366. The van der Waals surface area contributed by atoms with Crippen molar-refractivity contribution in [2.45, 2.75) is 44.9 Å². The summed E-state index contributed by atoms with van der Waals surface area (Å²) in [7, 11) is 0. The first-order valence-corrected chi connectivity index (χ1v) is 5.52. The molecule has 15 heavy (non-hydrogen) atoms. The Kier molecular flexibility index (Phi) is 1.97. The zero-order chi connectivity index (χ0) is 11.5. The standard InChI is InChI=1S/C10H15ClN2O2/c1-8(2)9(3)4-5-10(8,11)6-7(9)12-13(14)15/h4-6H2,1-3H3/b12-7+. The zero-order valence-corrected chi connectivity index (χ0v) is 9.97. The molecule has 2 rings (SSSR count). The third-order valence-electron chi connectivity index (χ3n) is 4.81. The molecular weight excluding hydrogens is 216 g/mol. The number of rotatable bonds is 1. The van der Waals surface area contributed by atoms with Gasteiger partial charge in [-0.3, -0.25) is 0 Å². The van der Waals surface area contributed by atoms with Gasteiger partial charge in [-0.05, 0) is 18.3 Å². The molecule has 0 heterocycles. The molecule has 2 saturated carbocycles. The van der Waals surface area contributed by atoms with E-state index in [0.29, 0.717) is 12.1 Å². The lowest BCUT2D eigenvalue weighted by molar-refractivity contribution is -0.485. The number of nitrogens with zero attached hydrogens (tertiary/aromatic N) is 2. The van der Waals surface area contributed by atoms with Crippen LogP contribution in [-0.2, 0) is 0 Å². The quantitative estimate of drug-likeness (QED) is 0.395. The van der Waals surface area contributed by atoms with Gasteiger partial charge in [0, 0.05) is 11.8 Å². The van der Waals surface area contributed by atoms with E-state index in [1.807, 2.05) is 6.92 Å². The summed E-state index contributed by atoms with van der Waals surface area (Å²) in [4.78, 5) is 10.1. The van der Waals surface area contributed by atoms with Crippen LogP contribution in [0.25, 0.3) is 0 Å². The summed E-state index contributed by atoms with van der Waals surface area (Å²) >= 11 is 6.55. The van der Waals surface area contributed by atoms with Gasteiger partial charge in [-0.2, -0.15) is 0 Å². The minimum atomic E-state index is -0.600. The molecule has 0 N–H and O–H groups in total. The molecule has 84 valence electrons. The topological polar surface area (TPSA) is 55.5 Å².